The van der Waals surface area contributed by atoms with Crippen LogP contribution in [0.1, 0.15) is 24.2 Å². The molecule has 0 spiro atoms. The zero-order valence-corrected chi connectivity index (χ0v) is 16.3. The Morgan fingerprint density at radius 3 is 2.62 bits per heavy atom. The lowest BCUT2D eigenvalue weighted by atomic mass is 9.97. The van der Waals surface area contributed by atoms with E-state index >= 15 is 0 Å². The van der Waals surface area contributed by atoms with Gasteiger partial charge in [-0.25, -0.2) is 9.37 Å². The molecular formula is C21H23FN6O. The Labute approximate surface area is 168 Å². The number of imidazole rings is 1. The predicted molar refractivity (Wildman–Crippen MR) is 107 cm³/mol. The Hall–Kier alpha value is -3.29. The highest BCUT2D eigenvalue weighted by atomic mass is 19.1. The van der Waals surface area contributed by atoms with E-state index in [1.54, 1.807) is 18.3 Å². The summed E-state index contributed by atoms with van der Waals surface area (Å²) in [6, 6.07) is 10.0. The van der Waals surface area contributed by atoms with E-state index in [4.69, 9.17) is 0 Å². The highest BCUT2D eigenvalue weighted by Crippen LogP contribution is 2.22. The van der Waals surface area contributed by atoms with Crippen molar-refractivity contribution in [3.63, 3.8) is 0 Å². The minimum atomic E-state index is -0.279. The normalized spacial score (nSPS) is 16.6. The van der Waals surface area contributed by atoms with Crippen LogP contribution in [0.2, 0.25) is 0 Å². The molecule has 1 fully saturated rings. The molecule has 0 aliphatic carbocycles. The SMILES string of the molecule is Cc1nccn1-c1ccc(N2CCC[C@@H](C(=O)NCc3ccc(F)cc3)C2)nn1. The summed E-state index contributed by atoms with van der Waals surface area (Å²) in [5, 5.41) is 11.6. The van der Waals surface area contributed by atoms with Crippen molar-refractivity contribution in [2.24, 2.45) is 5.92 Å². The molecule has 7 nitrogen and oxygen atoms in total. The van der Waals surface area contributed by atoms with Crippen molar-refractivity contribution in [2.45, 2.75) is 26.3 Å². The summed E-state index contributed by atoms with van der Waals surface area (Å²) in [4.78, 5) is 18.9. The van der Waals surface area contributed by atoms with E-state index in [-0.39, 0.29) is 17.6 Å². The molecule has 0 bridgehead atoms. The Morgan fingerprint density at radius 2 is 1.93 bits per heavy atom. The molecule has 0 unspecified atom stereocenters. The largest absolute Gasteiger partial charge is 0.354 e. The fraction of sp³-hybridized carbons (Fsp3) is 0.333. The Kier molecular flexibility index (Phi) is 5.50. The molecule has 4 rings (SSSR count). The van der Waals surface area contributed by atoms with E-state index in [1.165, 1.54) is 12.1 Å². The second kappa shape index (κ2) is 8.38. The molecule has 3 heterocycles. The highest BCUT2D eigenvalue weighted by molar-refractivity contribution is 5.79. The number of carbonyl (C=O) groups is 1. The second-order valence-corrected chi connectivity index (χ2v) is 7.22. The molecule has 1 aliphatic heterocycles. The van der Waals surface area contributed by atoms with Crippen LogP contribution in [-0.4, -0.2) is 38.7 Å². The number of anilines is 1. The van der Waals surface area contributed by atoms with Crippen molar-refractivity contribution in [1.82, 2.24) is 25.1 Å². The minimum absolute atomic E-state index is 0.0117. The number of amides is 1. The van der Waals surface area contributed by atoms with Gasteiger partial charge < -0.3 is 10.2 Å². The number of hydrogen-bond donors (Lipinski definition) is 1. The maximum Gasteiger partial charge on any atom is 0.225 e. The summed E-state index contributed by atoms with van der Waals surface area (Å²) >= 11 is 0. The summed E-state index contributed by atoms with van der Waals surface area (Å²) < 4.78 is 14.9. The second-order valence-electron chi connectivity index (χ2n) is 7.22. The number of nitrogens with zero attached hydrogens (tertiary/aromatic N) is 5. The smallest absolute Gasteiger partial charge is 0.225 e. The number of halogens is 1. The van der Waals surface area contributed by atoms with Crippen LogP contribution in [0.5, 0.6) is 0 Å². The van der Waals surface area contributed by atoms with Crippen molar-refractivity contribution in [2.75, 3.05) is 18.0 Å². The zero-order valence-electron chi connectivity index (χ0n) is 16.3. The van der Waals surface area contributed by atoms with Gasteiger partial charge in [-0.15, -0.1) is 10.2 Å². The van der Waals surface area contributed by atoms with E-state index in [2.05, 4.69) is 25.4 Å². The molecule has 1 saturated heterocycles. The van der Waals surface area contributed by atoms with Crippen LogP contribution >= 0.6 is 0 Å². The molecule has 2 aromatic heterocycles. The van der Waals surface area contributed by atoms with Gasteiger partial charge in [-0.05, 0) is 49.6 Å². The first-order valence-corrected chi connectivity index (χ1v) is 9.71. The lowest BCUT2D eigenvalue weighted by Crippen LogP contribution is -2.43. The molecule has 1 N–H and O–H groups in total. The molecule has 1 aromatic carbocycles. The van der Waals surface area contributed by atoms with Crippen molar-refractivity contribution in [1.29, 1.82) is 0 Å². The third-order valence-corrected chi connectivity index (χ3v) is 5.21. The molecule has 29 heavy (non-hydrogen) atoms. The van der Waals surface area contributed by atoms with Gasteiger partial charge >= 0.3 is 0 Å². The van der Waals surface area contributed by atoms with E-state index < -0.39 is 0 Å². The summed E-state index contributed by atoms with van der Waals surface area (Å²) in [6.07, 6.45) is 5.33. The lowest BCUT2D eigenvalue weighted by Gasteiger charge is -2.32. The van der Waals surface area contributed by atoms with Gasteiger partial charge in [-0.3, -0.25) is 9.36 Å². The van der Waals surface area contributed by atoms with Gasteiger partial charge in [0.15, 0.2) is 11.6 Å². The van der Waals surface area contributed by atoms with Crippen LogP contribution in [0.25, 0.3) is 5.82 Å². The Balaban J connectivity index is 1.37. The summed E-state index contributed by atoms with van der Waals surface area (Å²) in [6.45, 7) is 3.76. The molecule has 8 heteroatoms. The number of aryl methyl sites for hydroxylation is 1. The molecule has 1 amide bonds. The predicted octanol–water partition coefficient (Wildman–Crippen LogP) is 2.64. The lowest BCUT2D eigenvalue weighted by molar-refractivity contribution is -0.125. The standard InChI is InChI=1S/C21H23FN6O/c1-15-23-10-12-28(15)20-9-8-19(25-26-20)27-11-2-3-17(14-27)21(29)24-13-16-4-6-18(22)7-5-16/h4-10,12,17H,2-3,11,13-14H2,1H3,(H,24,29)/t17-/m1/s1. The van der Waals surface area contributed by atoms with Crippen LogP contribution < -0.4 is 10.2 Å². The fourth-order valence-corrected chi connectivity index (χ4v) is 3.57. The van der Waals surface area contributed by atoms with Gasteiger partial charge in [0.05, 0.1) is 5.92 Å². The topological polar surface area (TPSA) is 75.9 Å². The average molecular weight is 394 g/mol. The van der Waals surface area contributed by atoms with Gasteiger partial charge in [-0.2, -0.15) is 0 Å². The molecule has 150 valence electrons. The van der Waals surface area contributed by atoms with Crippen LogP contribution in [0.15, 0.2) is 48.8 Å². The first-order chi connectivity index (χ1) is 14.1. The molecule has 1 aliphatic rings. The van der Waals surface area contributed by atoms with Crippen molar-refractivity contribution >= 4 is 11.7 Å². The van der Waals surface area contributed by atoms with Crippen LogP contribution in [0.3, 0.4) is 0 Å². The number of aromatic nitrogens is 4. The average Bonchev–Trinajstić information content (AvgIpc) is 3.19. The van der Waals surface area contributed by atoms with E-state index in [9.17, 15) is 9.18 Å². The van der Waals surface area contributed by atoms with E-state index in [0.717, 1.165) is 36.6 Å². The summed E-state index contributed by atoms with van der Waals surface area (Å²) in [5.41, 5.74) is 0.878. The first kappa shape index (κ1) is 19.0. The van der Waals surface area contributed by atoms with Crippen LogP contribution in [0.4, 0.5) is 10.2 Å². The maximum atomic E-state index is 13.0. The quantitative estimate of drug-likeness (QED) is 0.720. The third kappa shape index (κ3) is 4.42. The number of hydrogen-bond acceptors (Lipinski definition) is 5. The molecule has 0 radical (unpaired) electrons. The molecule has 3 aromatic rings. The van der Waals surface area contributed by atoms with Crippen molar-refractivity contribution < 1.29 is 9.18 Å². The van der Waals surface area contributed by atoms with Gasteiger partial charge in [0.1, 0.15) is 11.6 Å². The van der Waals surface area contributed by atoms with Gasteiger partial charge in [-0.1, -0.05) is 12.1 Å². The van der Waals surface area contributed by atoms with E-state index in [1.807, 2.05) is 29.8 Å². The number of benzene rings is 1. The third-order valence-electron chi connectivity index (χ3n) is 5.21. The summed E-state index contributed by atoms with van der Waals surface area (Å²) in [5.74, 6) is 1.96. The zero-order chi connectivity index (χ0) is 20.2. The summed E-state index contributed by atoms with van der Waals surface area (Å²) in [7, 11) is 0. The Bertz CT molecular complexity index is 970. The van der Waals surface area contributed by atoms with Gasteiger partial charge in [0.25, 0.3) is 0 Å². The number of nitrogens with one attached hydrogen (secondary N) is 1. The van der Waals surface area contributed by atoms with Crippen LogP contribution in [0, 0.1) is 18.7 Å². The minimum Gasteiger partial charge on any atom is -0.354 e. The Morgan fingerprint density at radius 1 is 1.17 bits per heavy atom. The molecular weight excluding hydrogens is 371 g/mol. The first-order valence-electron chi connectivity index (χ1n) is 9.71. The molecule has 0 saturated carbocycles. The van der Waals surface area contributed by atoms with Gasteiger partial charge in [0, 0.05) is 32.0 Å². The fourth-order valence-electron chi connectivity index (χ4n) is 3.57. The van der Waals surface area contributed by atoms with Crippen molar-refractivity contribution in [3.05, 3.63) is 66.0 Å². The van der Waals surface area contributed by atoms with Crippen LogP contribution in [-0.2, 0) is 11.3 Å². The number of rotatable bonds is 5. The van der Waals surface area contributed by atoms with E-state index in [0.29, 0.717) is 18.9 Å². The number of carbonyl (C=O) groups excluding carboxylic acids is 1. The monoisotopic (exact) mass is 394 g/mol. The maximum absolute atomic E-state index is 13.0. The highest BCUT2D eigenvalue weighted by Gasteiger charge is 2.26. The number of piperidine rings is 1. The van der Waals surface area contributed by atoms with Gasteiger partial charge in [0.2, 0.25) is 5.91 Å². The molecule has 1 atom stereocenters. The van der Waals surface area contributed by atoms with Crippen molar-refractivity contribution in [3.8, 4) is 5.82 Å².